The van der Waals surface area contributed by atoms with Gasteiger partial charge >= 0.3 is 0 Å². The number of unbranched alkanes of at least 4 members (excludes halogenated alkanes) is 1. The molecule has 0 aliphatic heterocycles. The van der Waals surface area contributed by atoms with Crippen molar-refractivity contribution in [1.82, 2.24) is 19.5 Å². The molecule has 0 aliphatic carbocycles. The molecule has 0 aliphatic rings. The van der Waals surface area contributed by atoms with Gasteiger partial charge in [-0.2, -0.15) is 0 Å². The number of halogens is 1. The number of carbonyl (C=O) groups is 2. The molecule has 35 heavy (non-hydrogen) atoms. The molecule has 0 saturated carbocycles. The van der Waals surface area contributed by atoms with E-state index >= 15 is 0 Å². The Morgan fingerprint density at radius 2 is 1.86 bits per heavy atom. The average Bonchev–Trinajstić information content (AvgIpc) is 3.20. The highest BCUT2D eigenvalue weighted by atomic mass is 35.5. The summed E-state index contributed by atoms with van der Waals surface area (Å²) in [6.45, 7) is 6.49. The first kappa shape index (κ1) is 26.4. The maximum absolute atomic E-state index is 12.9. The first-order valence-corrected chi connectivity index (χ1v) is 12.3. The number of rotatable bonds is 13. The van der Waals surface area contributed by atoms with Gasteiger partial charge in [0.2, 0.25) is 17.8 Å². The van der Waals surface area contributed by atoms with Gasteiger partial charge in [0.05, 0.1) is 23.2 Å². The summed E-state index contributed by atoms with van der Waals surface area (Å²) in [5.74, 6) is 1.06. The summed E-state index contributed by atoms with van der Waals surface area (Å²) in [5.41, 5.74) is 2.44. The van der Waals surface area contributed by atoms with E-state index in [0.717, 1.165) is 31.4 Å². The number of methoxy groups -OCH3 is 1. The van der Waals surface area contributed by atoms with Crippen molar-refractivity contribution >= 4 is 52.0 Å². The minimum atomic E-state index is -0.363. The van der Waals surface area contributed by atoms with Crippen molar-refractivity contribution < 1.29 is 14.3 Å². The molecule has 0 radical (unpaired) electrons. The fourth-order valence-electron chi connectivity index (χ4n) is 3.59. The fraction of sp³-hybridized carbons (Fsp3) is 0.458. The first-order chi connectivity index (χ1) is 17.0. The summed E-state index contributed by atoms with van der Waals surface area (Å²) in [6.07, 6.45) is 4.96. The monoisotopic (exact) mass is 501 g/mol. The van der Waals surface area contributed by atoms with Gasteiger partial charge in [0.1, 0.15) is 0 Å². The number of fused-ring (bicyclic) bond motifs is 1. The lowest BCUT2D eigenvalue weighted by molar-refractivity contribution is -0.116. The Kier molecular flexibility index (Phi) is 9.80. The number of hydrogen-bond donors (Lipinski definition) is 2. The lowest BCUT2D eigenvalue weighted by Crippen LogP contribution is -2.24. The molecule has 0 bridgehead atoms. The highest BCUT2D eigenvalue weighted by Gasteiger charge is 2.17. The van der Waals surface area contributed by atoms with Gasteiger partial charge in [-0.15, -0.1) is 11.6 Å². The van der Waals surface area contributed by atoms with Gasteiger partial charge in [0.15, 0.2) is 0 Å². The Bertz CT molecular complexity index is 1130. The molecule has 10 nitrogen and oxygen atoms in total. The number of anilines is 3. The van der Waals surface area contributed by atoms with Crippen molar-refractivity contribution in [1.29, 1.82) is 0 Å². The molecule has 2 aromatic heterocycles. The highest BCUT2D eigenvalue weighted by Crippen LogP contribution is 2.24. The van der Waals surface area contributed by atoms with Crippen molar-refractivity contribution in [3.05, 3.63) is 36.2 Å². The largest absolute Gasteiger partial charge is 0.383 e. The van der Waals surface area contributed by atoms with Crippen molar-refractivity contribution in [2.45, 2.75) is 39.7 Å². The van der Waals surface area contributed by atoms with E-state index in [1.165, 1.54) is 12.4 Å². The maximum Gasteiger partial charge on any atom is 0.261 e. The highest BCUT2D eigenvalue weighted by molar-refractivity contribution is 6.17. The van der Waals surface area contributed by atoms with Crippen LogP contribution < -0.4 is 15.5 Å². The van der Waals surface area contributed by atoms with Crippen molar-refractivity contribution in [3.8, 4) is 0 Å². The summed E-state index contributed by atoms with van der Waals surface area (Å²) in [6, 6.07) is 5.45. The lowest BCUT2D eigenvalue weighted by Gasteiger charge is -2.18. The molecule has 3 aromatic rings. The molecule has 0 saturated heterocycles. The first-order valence-electron chi connectivity index (χ1n) is 11.7. The van der Waals surface area contributed by atoms with Crippen LogP contribution in [0.25, 0.3) is 11.0 Å². The van der Waals surface area contributed by atoms with Crippen LogP contribution in [0.4, 0.5) is 17.6 Å². The van der Waals surface area contributed by atoms with Crippen LogP contribution in [0, 0.1) is 0 Å². The predicted molar refractivity (Wildman–Crippen MR) is 138 cm³/mol. The molecule has 2 heterocycles. The van der Waals surface area contributed by atoms with Gasteiger partial charge < -0.3 is 19.5 Å². The number of nitrogens with one attached hydrogen (secondary N) is 2. The lowest BCUT2D eigenvalue weighted by atomic mass is 10.2. The third kappa shape index (κ3) is 6.89. The molecule has 11 heteroatoms. The molecule has 0 spiro atoms. The van der Waals surface area contributed by atoms with E-state index in [1.54, 1.807) is 13.2 Å². The minimum Gasteiger partial charge on any atom is -0.383 e. The summed E-state index contributed by atoms with van der Waals surface area (Å²) in [4.78, 5) is 40.4. The Morgan fingerprint density at radius 1 is 1.11 bits per heavy atom. The molecule has 0 unspecified atom stereocenters. The van der Waals surface area contributed by atoms with Gasteiger partial charge in [-0.05, 0) is 44.9 Å². The zero-order valence-corrected chi connectivity index (χ0v) is 21.1. The maximum atomic E-state index is 12.9. The second-order valence-electron chi connectivity index (χ2n) is 7.88. The third-order valence-corrected chi connectivity index (χ3v) is 5.78. The topological polar surface area (TPSA) is 114 Å². The standard InChI is InChI=1S/C24H32ClN7O3/c1-4-31(5-2)23-26-15-17(16-27-23)22(34)30-24-29-19-10-9-18(28-21(33)8-6-7-11-25)14-20(19)32(24)12-13-35-3/h9-10,14-16H,4-8,11-13H2,1-3H3,(H,28,33)(H,29,30,34). The summed E-state index contributed by atoms with van der Waals surface area (Å²) in [5, 5.41) is 5.77. The Morgan fingerprint density at radius 3 is 2.51 bits per heavy atom. The van der Waals surface area contributed by atoms with Crippen LogP contribution in [0.3, 0.4) is 0 Å². The van der Waals surface area contributed by atoms with Crippen LogP contribution in [0.1, 0.15) is 43.5 Å². The van der Waals surface area contributed by atoms with E-state index < -0.39 is 0 Å². The normalized spacial score (nSPS) is 11.0. The van der Waals surface area contributed by atoms with E-state index in [-0.39, 0.29) is 11.8 Å². The number of carbonyl (C=O) groups excluding carboxylic acids is 2. The van der Waals surface area contributed by atoms with Crippen molar-refractivity contribution in [2.24, 2.45) is 0 Å². The SMILES string of the molecule is CCN(CC)c1ncc(C(=O)Nc2nc3ccc(NC(=O)CCCCCl)cc3n2CCOC)cn1. The zero-order chi connectivity index (χ0) is 25.2. The van der Waals surface area contributed by atoms with Gasteiger partial charge in [-0.1, -0.05) is 0 Å². The molecular weight excluding hydrogens is 470 g/mol. The van der Waals surface area contributed by atoms with E-state index in [4.69, 9.17) is 16.3 Å². The molecular formula is C24H32ClN7O3. The number of imidazole rings is 1. The molecule has 1 aromatic carbocycles. The summed E-state index contributed by atoms with van der Waals surface area (Å²) < 4.78 is 7.10. The van der Waals surface area contributed by atoms with Crippen molar-refractivity contribution in [2.75, 3.05) is 48.2 Å². The van der Waals surface area contributed by atoms with E-state index in [9.17, 15) is 9.59 Å². The smallest absolute Gasteiger partial charge is 0.261 e. The van der Waals surface area contributed by atoms with Gasteiger partial charge in [-0.3, -0.25) is 14.9 Å². The Hall–Kier alpha value is -3.24. The van der Waals surface area contributed by atoms with Crippen LogP contribution in [0.5, 0.6) is 0 Å². The van der Waals surface area contributed by atoms with Crippen LogP contribution >= 0.6 is 11.6 Å². The molecule has 0 atom stereocenters. The Balaban J connectivity index is 1.81. The van der Waals surface area contributed by atoms with Gasteiger partial charge in [-0.25, -0.2) is 15.0 Å². The van der Waals surface area contributed by atoms with Gasteiger partial charge in [0, 0.05) is 57.1 Å². The van der Waals surface area contributed by atoms with Crippen LogP contribution in [0.2, 0.25) is 0 Å². The van der Waals surface area contributed by atoms with Crippen LogP contribution in [-0.2, 0) is 16.1 Å². The summed E-state index contributed by atoms with van der Waals surface area (Å²) in [7, 11) is 1.61. The molecule has 2 amide bonds. The number of ether oxygens (including phenoxy) is 1. The second kappa shape index (κ2) is 13.0. The molecule has 3 rings (SSSR count). The third-order valence-electron chi connectivity index (χ3n) is 5.51. The van der Waals surface area contributed by atoms with Crippen molar-refractivity contribution in [3.63, 3.8) is 0 Å². The van der Waals surface area contributed by atoms with E-state index in [1.807, 2.05) is 35.4 Å². The quantitative estimate of drug-likeness (QED) is 0.269. The molecule has 188 valence electrons. The zero-order valence-electron chi connectivity index (χ0n) is 20.4. The number of benzene rings is 1. The molecule has 2 N–H and O–H groups in total. The summed E-state index contributed by atoms with van der Waals surface area (Å²) >= 11 is 5.69. The minimum absolute atomic E-state index is 0.0703. The second-order valence-corrected chi connectivity index (χ2v) is 8.25. The number of amides is 2. The number of alkyl halides is 1. The number of nitrogens with zero attached hydrogens (tertiary/aromatic N) is 5. The number of aromatic nitrogens is 4. The number of hydrogen-bond acceptors (Lipinski definition) is 7. The van der Waals surface area contributed by atoms with Crippen LogP contribution in [-0.4, -0.2) is 64.0 Å². The van der Waals surface area contributed by atoms with E-state index in [0.29, 0.717) is 54.1 Å². The van der Waals surface area contributed by atoms with E-state index in [2.05, 4.69) is 25.6 Å². The van der Waals surface area contributed by atoms with Crippen LogP contribution in [0.15, 0.2) is 30.6 Å². The average molecular weight is 502 g/mol. The van der Waals surface area contributed by atoms with Gasteiger partial charge in [0.25, 0.3) is 5.91 Å². The Labute approximate surface area is 210 Å². The molecule has 0 fully saturated rings. The fourth-order valence-corrected chi connectivity index (χ4v) is 3.78. The predicted octanol–water partition coefficient (Wildman–Crippen LogP) is 3.92.